The van der Waals surface area contributed by atoms with Crippen LogP contribution in [0.4, 0.5) is 4.79 Å². The zero-order valence-corrected chi connectivity index (χ0v) is 15.4. The van der Waals surface area contributed by atoms with Crippen LogP contribution in [0.3, 0.4) is 0 Å². The van der Waals surface area contributed by atoms with Crippen LogP contribution in [-0.4, -0.2) is 36.3 Å². The van der Waals surface area contributed by atoms with Crippen LogP contribution in [0.15, 0.2) is 29.2 Å². The van der Waals surface area contributed by atoms with Crippen LogP contribution in [0.1, 0.15) is 20.8 Å². The van der Waals surface area contributed by atoms with E-state index >= 15 is 0 Å². The molecule has 0 radical (unpaired) electrons. The van der Waals surface area contributed by atoms with Gasteiger partial charge in [-0.15, -0.1) is 11.8 Å². The molecule has 1 aromatic rings. The maximum Gasteiger partial charge on any atom is 0.321 e. The second-order valence-corrected chi connectivity index (χ2v) is 7.32. The SMILES string of the molecule is CC(C)CNC(=O)NC(=O)COC(=O)[C@@H](C)Sc1ccc(Cl)cc1. The number of imide groups is 1. The van der Waals surface area contributed by atoms with Gasteiger partial charge >= 0.3 is 12.0 Å². The van der Waals surface area contributed by atoms with Gasteiger partial charge in [-0.25, -0.2) is 4.79 Å². The molecule has 0 aliphatic heterocycles. The molecule has 0 aliphatic carbocycles. The molecule has 2 N–H and O–H groups in total. The molecule has 0 spiro atoms. The van der Waals surface area contributed by atoms with E-state index in [1.165, 1.54) is 11.8 Å². The standard InChI is InChI=1S/C16H21ClN2O4S/c1-10(2)8-18-16(22)19-14(20)9-23-15(21)11(3)24-13-6-4-12(17)5-7-13/h4-7,10-11H,8-9H2,1-3H3,(H2,18,19,20,22)/t11-/m1/s1. The highest BCUT2D eigenvalue weighted by Crippen LogP contribution is 2.25. The lowest BCUT2D eigenvalue weighted by molar-refractivity contribution is -0.147. The summed E-state index contributed by atoms with van der Waals surface area (Å²) in [6.45, 7) is 5.50. The highest BCUT2D eigenvalue weighted by Gasteiger charge is 2.18. The fourth-order valence-corrected chi connectivity index (χ4v) is 2.51. The Balaban J connectivity index is 2.32. The zero-order chi connectivity index (χ0) is 18.1. The van der Waals surface area contributed by atoms with Gasteiger partial charge in [0.25, 0.3) is 5.91 Å². The molecule has 0 aromatic heterocycles. The van der Waals surface area contributed by atoms with Crippen molar-refractivity contribution in [2.24, 2.45) is 5.92 Å². The van der Waals surface area contributed by atoms with E-state index in [-0.39, 0.29) is 5.92 Å². The van der Waals surface area contributed by atoms with E-state index in [1.807, 2.05) is 13.8 Å². The van der Waals surface area contributed by atoms with Gasteiger partial charge in [0.1, 0.15) is 5.25 Å². The Bertz CT molecular complexity index is 578. The van der Waals surface area contributed by atoms with Crippen molar-refractivity contribution in [2.75, 3.05) is 13.2 Å². The van der Waals surface area contributed by atoms with Crippen LogP contribution in [0, 0.1) is 5.92 Å². The van der Waals surface area contributed by atoms with E-state index in [0.29, 0.717) is 11.6 Å². The monoisotopic (exact) mass is 372 g/mol. The molecule has 0 saturated heterocycles. The van der Waals surface area contributed by atoms with Crippen molar-refractivity contribution < 1.29 is 19.1 Å². The Hall–Kier alpha value is -1.73. The number of ether oxygens (including phenoxy) is 1. The van der Waals surface area contributed by atoms with Gasteiger partial charge in [-0.2, -0.15) is 0 Å². The largest absolute Gasteiger partial charge is 0.455 e. The van der Waals surface area contributed by atoms with Crippen LogP contribution in [0.25, 0.3) is 0 Å². The van der Waals surface area contributed by atoms with Crippen LogP contribution >= 0.6 is 23.4 Å². The number of rotatable bonds is 7. The Kier molecular flexibility index (Phi) is 8.63. The Labute approximate surface area is 150 Å². The zero-order valence-electron chi connectivity index (χ0n) is 13.8. The molecule has 24 heavy (non-hydrogen) atoms. The van der Waals surface area contributed by atoms with Crippen molar-refractivity contribution in [1.82, 2.24) is 10.6 Å². The summed E-state index contributed by atoms with van der Waals surface area (Å²) in [7, 11) is 0. The summed E-state index contributed by atoms with van der Waals surface area (Å²) in [6, 6.07) is 6.44. The van der Waals surface area contributed by atoms with Crippen LogP contribution in [0.2, 0.25) is 5.02 Å². The second-order valence-electron chi connectivity index (χ2n) is 5.47. The van der Waals surface area contributed by atoms with Crippen molar-refractivity contribution in [3.05, 3.63) is 29.3 Å². The number of carbonyl (C=O) groups is 3. The minimum atomic E-state index is -0.673. The van der Waals surface area contributed by atoms with Crippen LogP contribution < -0.4 is 10.6 Å². The van der Waals surface area contributed by atoms with Gasteiger partial charge in [-0.3, -0.25) is 14.9 Å². The molecule has 1 rings (SSSR count). The number of urea groups is 1. The second kappa shape index (κ2) is 10.2. The third-order valence-corrected chi connectivity index (χ3v) is 4.07. The average Bonchev–Trinajstić information content (AvgIpc) is 2.52. The molecule has 0 bridgehead atoms. The van der Waals surface area contributed by atoms with E-state index < -0.39 is 29.8 Å². The highest BCUT2D eigenvalue weighted by molar-refractivity contribution is 8.00. The number of benzene rings is 1. The normalized spacial score (nSPS) is 11.7. The number of amides is 3. The van der Waals surface area contributed by atoms with E-state index in [2.05, 4.69) is 10.6 Å². The molecule has 3 amide bonds. The lowest BCUT2D eigenvalue weighted by Gasteiger charge is -2.12. The van der Waals surface area contributed by atoms with Gasteiger partial charge in [0.15, 0.2) is 6.61 Å². The molecule has 0 heterocycles. The van der Waals surface area contributed by atoms with E-state index in [9.17, 15) is 14.4 Å². The minimum absolute atomic E-state index is 0.273. The summed E-state index contributed by atoms with van der Waals surface area (Å²) in [5.41, 5.74) is 0. The third-order valence-electron chi connectivity index (χ3n) is 2.73. The quantitative estimate of drug-likeness (QED) is 0.568. The predicted molar refractivity (Wildman–Crippen MR) is 94.1 cm³/mol. The molecule has 6 nitrogen and oxygen atoms in total. The van der Waals surface area contributed by atoms with Gasteiger partial charge in [-0.05, 0) is 37.1 Å². The van der Waals surface area contributed by atoms with Crippen molar-refractivity contribution in [1.29, 1.82) is 0 Å². The number of carbonyl (C=O) groups excluding carboxylic acids is 3. The number of halogens is 1. The van der Waals surface area contributed by atoms with Crippen molar-refractivity contribution >= 4 is 41.3 Å². The van der Waals surface area contributed by atoms with Gasteiger partial charge < -0.3 is 10.1 Å². The van der Waals surface area contributed by atoms with Crippen molar-refractivity contribution in [2.45, 2.75) is 30.9 Å². The molecule has 0 unspecified atom stereocenters. The molecular formula is C16H21ClN2O4S. The summed E-state index contributed by atoms with van der Waals surface area (Å²) in [4.78, 5) is 35.7. The first kappa shape index (κ1) is 20.3. The van der Waals surface area contributed by atoms with E-state index in [1.54, 1.807) is 31.2 Å². The van der Waals surface area contributed by atoms with Crippen molar-refractivity contribution in [3.8, 4) is 0 Å². The molecule has 132 valence electrons. The van der Waals surface area contributed by atoms with Crippen molar-refractivity contribution in [3.63, 3.8) is 0 Å². The number of hydrogen-bond acceptors (Lipinski definition) is 5. The van der Waals surface area contributed by atoms with Gasteiger partial charge in [0.05, 0.1) is 0 Å². The summed E-state index contributed by atoms with van der Waals surface area (Å²) in [5, 5.41) is 4.75. The molecule has 0 saturated carbocycles. The molecule has 1 atom stereocenters. The first-order valence-electron chi connectivity index (χ1n) is 7.44. The highest BCUT2D eigenvalue weighted by atomic mass is 35.5. The van der Waals surface area contributed by atoms with Crippen LogP contribution in [0.5, 0.6) is 0 Å². The maximum atomic E-state index is 11.9. The summed E-state index contributed by atoms with van der Waals surface area (Å²) < 4.78 is 4.91. The maximum absolute atomic E-state index is 11.9. The van der Waals surface area contributed by atoms with Gasteiger partial charge in [-0.1, -0.05) is 25.4 Å². The average molecular weight is 373 g/mol. The molecule has 0 fully saturated rings. The van der Waals surface area contributed by atoms with Crippen LogP contribution in [-0.2, 0) is 14.3 Å². The fourth-order valence-electron chi connectivity index (χ4n) is 1.52. The minimum Gasteiger partial charge on any atom is -0.455 e. The number of thioether (sulfide) groups is 1. The first-order chi connectivity index (χ1) is 11.3. The molecule has 8 heteroatoms. The number of hydrogen-bond donors (Lipinski definition) is 2. The van der Waals surface area contributed by atoms with Gasteiger partial charge in [0.2, 0.25) is 0 Å². The lowest BCUT2D eigenvalue weighted by atomic mass is 10.2. The fraction of sp³-hybridized carbons (Fsp3) is 0.438. The predicted octanol–water partition coefficient (Wildman–Crippen LogP) is 2.85. The topological polar surface area (TPSA) is 84.5 Å². The summed E-state index contributed by atoms with van der Waals surface area (Å²) in [5.74, 6) is -0.935. The summed E-state index contributed by atoms with van der Waals surface area (Å²) in [6.07, 6.45) is 0. The first-order valence-corrected chi connectivity index (χ1v) is 8.70. The summed E-state index contributed by atoms with van der Waals surface area (Å²) >= 11 is 7.09. The Morgan fingerprint density at radius 1 is 1.17 bits per heavy atom. The molecule has 0 aliphatic rings. The van der Waals surface area contributed by atoms with Gasteiger partial charge in [0, 0.05) is 16.5 Å². The molecule has 1 aromatic carbocycles. The number of nitrogens with one attached hydrogen (secondary N) is 2. The van der Waals surface area contributed by atoms with E-state index in [4.69, 9.17) is 16.3 Å². The number of esters is 1. The van der Waals surface area contributed by atoms with E-state index in [0.717, 1.165) is 4.90 Å². The molecular weight excluding hydrogens is 352 g/mol. The Morgan fingerprint density at radius 2 is 1.79 bits per heavy atom. The Morgan fingerprint density at radius 3 is 2.38 bits per heavy atom. The third kappa shape index (κ3) is 8.21. The smallest absolute Gasteiger partial charge is 0.321 e. The lowest BCUT2D eigenvalue weighted by Crippen LogP contribution is -2.42.